The average Bonchev–Trinajstić information content (AvgIpc) is 2.70. The summed E-state index contributed by atoms with van der Waals surface area (Å²) in [6.45, 7) is 4.56. The third-order valence-electron chi connectivity index (χ3n) is 4.87. The number of hydrogen-bond acceptors (Lipinski definition) is 4. The molecule has 152 valence electrons. The van der Waals surface area contributed by atoms with Crippen LogP contribution in [0.5, 0.6) is 5.75 Å². The highest BCUT2D eigenvalue weighted by atomic mass is 16.5. The number of Topliss-reactive ketones (excluding diaryl/α,β-unsaturated/α-hetero) is 1. The van der Waals surface area contributed by atoms with E-state index in [0.29, 0.717) is 19.4 Å². The predicted octanol–water partition coefficient (Wildman–Crippen LogP) is 4.58. The Morgan fingerprint density at radius 1 is 0.964 bits per heavy atom. The molecule has 4 nitrogen and oxygen atoms in total. The van der Waals surface area contributed by atoms with Gasteiger partial charge in [0.25, 0.3) is 0 Å². The van der Waals surface area contributed by atoms with Crippen molar-refractivity contribution in [1.82, 2.24) is 0 Å². The van der Waals surface area contributed by atoms with Crippen molar-refractivity contribution in [3.05, 3.63) is 65.7 Å². The van der Waals surface area contributed by atoms with Gasteiger partial charge in [-0.1, -0.05) is 56.3 Å². The lowest BCUT2D eigenvalue weighted by Gasteiger charge is -2.22. The van der Waals surface area contributed by atoms with E-state index in [1.807, 2.05) is 54.6 Å². The van der Waals surface area contributed by atoms with Crippen molar-refractivity contribution in [2.24, 2.45) is 5.92 Å². The van der Waals surface area contributed by atoms with E-state index in [1.165, 1.54) is 5.56 Å². The summed E-state index contributed by atoms with van der Waals surface area (Å²) in [6, 6.07) is 17.8. The zero-order chi connectivity index (χ0) is 20.4. The second kappa shape index (κ2) is 11.6. The first-order chi connectivity index (χ1) is 13.5. The fourth-order valence-corrected chi connectivity index (χ4v) is 3.06. The highest BCUT2D eigenvalue weighted by Gasteiger charge is 2.20. The molecule has 0 spiro atoms. The van der Waals surface area contributed by atoms with Crippen LogP contribution in [-0.2, 0) is 22.6 Å². The van der Waals surface area contributed by atoms with Gasteiger partial charge in [-0.15, -0.1) is 0 Å². The Balaban J connectivity index is 1.77. The molecular weight excluding hydrogens is 352 g/mol. The normalized spacial score (nSPS) is 13.3. The number of ketones is 1. The van der Waals surface area contributed by atoms with Gasteiger partial charge in [0, 0.05) is 12.8 Å². The number of carbonyl (C=O) groups is 1. The lowest BCUT2D eigenvalue weighted by atomic mass is 9.97. The number of aryl methyl sites for hydroxylation is 1. The van der Waals surface area contributed by atoms with Crippen LogP contribution in [0, 0.1) is 5.92 Å². The van der Waals surface area contributed by atoms with Crippen molar-refractivity contribution in [3.63, 3.8) is 0 Å². The standard InChI is InChI=1S/C24H32O4/c1-18(2)24(28-17-20-10-13-23(27-3)14-11-20)16-22(26)15-21(25)12-9-19-7-5-4-6-8-19/h4-8,10-11,13-14,18,21,24-25H,9,12,15-17H2,1-3H3/t21-,24+/m0/s1. The van der Waals surface area contributed by atoms with E-state index in [0.717, 1.165) is 17.7 Å². The van der Waals surface area contributed by atoms with E-state index in [1.54, 1.807) is 7.11 Å². The summed E-state index contributed by atoms with van der Waals surface area (Å²) in [5, 5.41) is 10.2. The summed E-state index contributed by atoms with van der Waals surface area (Å²) in [6.07, 6.45) is 1.11. The highest BCUT2D eigenvalue weighted by Crippen LogP contribution is 2.18. The summed E-state index contributed by atoms with van der Waals surface area (Å²) < 4.78 is 11.2. The van der Waals surface area contributed by atoms with E-state index >= 15 is 0 Å². The van der Waals surface area contributed by atoms with E-state index in [-0.39, 0.29) is 24.2 Å². The first-order valence-electron chi connectivity index (χ1n) is 9.96. The highest BCUT2D eigenvalue weighted by molar-refractivity contribution is 5.79. The molecule has 0 saturated heterocycles. The van der Waals surface area contributed by atoms with E-state index < -0.39 is 6.10 Å². The third-order valence-corrected chi connectivity index (χ3v) is 4.87. The number of benzene rings is 2. The Morgan fingerprint density at radius 3 is 2.25 bits per heavy atom. The summed E-state index contributed by atoms with van der Waals surface area (Å²) in [7, 11) is 1.64. The minimum atomic E-state index is -0.609. The smallest absolute Gasteiger partial charge is 0.138 e. The Morgan fingerprint density at radius 2 is 1.64 bits per heavy atom. The molecule has 0 radical (unpaired) electrons. The Labute approximate surface area is 168 Å². The minimum Gasteiger partial charge on any atom is -0.497 e. The fraction of sp³-hybridized carbons (Fsp3) is 0.458. The number of carbonyl (C=O) groups excluding carboxylic acids is 1. The van der Waals surface area contributed by atoms with E-state index in [2.05, 4.69) is 13.8 Å². The molecule has 0 amide bonds. The molecule has 2 atom stereocenters. The third kappa shape index (κ3) is 7.83. The lowest BCUT2D eigenvalue weighted by molar-refractivity contribution is -0.125. The van der Waals surface area contributed by atoms with Crippen molar-refractivity contribution < 1.29 is 19.4 Å². The zero-order valence-corrected chi connectivity index (χ0v) is 17.1. The molecule has 2 rings (SSSR count). The molecule has 2 aromatic carbocycles. The maximum absolute atomic E-state index is 12.4. The van der Waals surface area contributed by atoms with Crippen LogP contribution in [0.3, 0.4) is 0 Å². The maximum Gasteiger partial charge on any atom is 0.138 e. The molecular formula is C24H32O4. The molecule has 0 aliphatic carbocycles. The van der Waals surface area contributed by atoms with Crippen LogP contribution in [0.15, 0.2) is 54.6 Å². The number of aliphatic hydroxyl groups excluding tert-OH is 1. The fourth-order valence-electron chi connectivity index (χ4n) is 3.06. The Bertz CT molecular complexity index is 694. The topological polar surface area (TPSA) is 55.8 Å². The van der Waals surface area contributed by atoms with Crippen LogP contribution in [-0.4, -0.2) is 30.2 Å². The number of ether oxygens (including phenoxy) is 2. The van der Waals surface area contributed by atoms with Crippen LogP contribution in [0.25, 0.3) is 0 Å². The van der Waals surface area contributed by atoms with Gasteiger partial charge >= 0.3 is 0 Å². The van der Waals surface area contributed by atoms with Crippen molar-refractivity contribution in [3.8, 4) is 5.75 Å². The van der Waals surface area contributed by atoms with Crippen LogP contribution < -0.4 is 4.74 Å². The number of methoxy groups -OCH3 is 1. The summed E-state index contributed by atoms with van der Waals surface area (Å²) in [5.41, 5.74) is 2.22. The van der Waals surface area contributed by atoms with E-state index in [9.17, 15) is 9.90 Å². The molecule has 1 N–H and O–H groups in total. The molecule has 0 saturated carbocycles. The van der Waals surface area contributed by atoms with Crippen LogP contribution in [0.4, 0.5) is 0 Å². The molecule has 0 unspecified atom stereocenters. The van der Waals surface area contributed by atoms with Gasteiger partial charge in [0.05, 0.1) is 25.9 Å². The molecule has 0 bridgehead atoms. The molecule has 0 aromatic heterocycles. The predicted molar refractivity (Wildman–Crippen MR) is 111 cm³/mol. The molecule has 2 aromatic rings. The summed E-state index contributed by atoms with van der Waals surface area (Å²) in [4.78, 5) is 12.4. The van der Waals surface area contributed by atoms with Gasteiger partial charge in [-0.05, 0) is 42.0 Å². The molecule has 0 aliphatic rings. The summed E-state index contributed by atoms with van der Waals surface area (Å²) >= 11 is 0. The Hall–Kier alpha value is -2.17. The van der Waals surface area contributed by atoms with Crippen molar-refractivity contribution in [2.45, 2.75) is 58.3 Å². The molecule has 0 fully saturated rings. The first kappa shape index (κ1) is 22.1. The van der Waals surface area contributed by atoms with Gasteiger partial charge in [0.2, 0.25) is 0 Å². The van der Waals surface area contributed by atoms with Gasteiger partial charge in [-0.3, -0.25) is 4.79 Å². The number of hydrogen-bond donors (Lipinski definition) is 1. The van der Waals surface area contributed by atoms with Gasteiger partial charge in [-0.2, -0.15) is 0 Å². The van der Waals surface area contributed by atoms with Crippen LogP contribution in [0.2, 0.25) is 0 Å². The van der Waals surface area contributed by atoms with Crippen LogP contribution >= 0.6 is 0 Å². The average molecular weight is 385 g/mol. The second-order valence-electron chi connectivity index (χ2n) is 7.57. The molecule has 28 heavy (non-hydrogen) atoms. The Kier molecular flexibility index (Phi) is 9.18. The lowest BCUT2D eigenvalue weighted by Crippen LogP contribution is -2.25. The largest absolute Gasteiger partial charge is 0.497 e. The maximum atomic E-state index is 12.4. The van der Waals surface area contributed by atoms with Crippen LogP contribution in [0.1, 0.15) is 44.2 Å². The monoisotopic (exact) mass is 384 g/mol. The second-order valence-corrected chi connectivity index (χ2v) is 7.57. The molecule has 0 aliphatic heterocycles. The number of aliphatic hydroxyl groups is 1. The molecule has 0 heterocycles. The van der Waals surface area contributed by atoms with Gasteiger partial charge in [0.15, 0.2) is 0 Å². The quantitative estimate of drug-likeness (QED) is 0.582. The SMILES string of the molecule is COc1ccc(CO[C@H](CC(=O)C[C@@H](O)CCc2ccccc2)C(C)C)cc1. The zero-order valence-electron chi connectivity index (χ0n) is 17.1. The van der Waals surface area contributed by atoms with Gasteiger partial charge < -0.3 is 14.6 Å². The first-order valence-corrected chi connectivity index (χ1v) is 9.96. The van der Waals surface area contributed by atoms with E-state index in [4.69, 9.17) is 9.47 Å². The van der Waals surface area contributed by atoms with Crippen molar-refractivity contribution in [2.75, 3.05) is 7.11 Å². The van der Waals surface area contributed by atoms with Gasteiger partial charge in [0.1, 0.15) is 11.5 Å². The van der Waals surface area contributed by atoms with Crippen molar-refractivity contribution in [1.29, 1.82) is 0 Å². The minimum absolute atomic E-state index is 0.0500. The summed E-state index contributed by atoms with van der Waals surface area (Å²) in [5.74, 6) is 1.08. The molecule has 4 heteroatoms. The van der Waals surface area contributed by atoms with Crippen molar-refractivity contribution >= 4 is 5.78 Å². The van der Waals surface area contributed by atoms with Gasteiger partial charge in [-0.25, -0.2) is 0 Å². The number of rotatable bonds is 12.